The first-order chi connectivity index (χ1) is 13.9. The summed E-state index contributed by atoms with van der Waals surface area (Å²) >= 11 is 5.90. The normalized spacial score (nSPS) is 13.9. The number of halogens is 2. The minimum Gasteiger partial charge on any atom is -0.464 e. The molecule has 1 N–H and O–H groups in total. The van der Waals surface area contributed by atoms with Crippen molar-refractivity contribution in [2.75, 3.05) is 5.32 Å². The first kappa shape index (κ1) is 19.5. The van der Waals surface area contributed by atoms with E-state index in [4.69, 9.17) is 20.8 Å². The Bertz CT molecular complexity index is 1110. The van der Waals surface area contributed by atoms with Gasteiger partial charge in [-0.3, -0.25) is 9.59 Å². The fourth-order valence-corrected chi connectivity index (χ4v) is 3.77. The molecule has 3 aromatic rings. The minimum absolute atomic E-state index is 0.000705. The van der Waals surface area contributed by atoms with Crippen LogP contribution in [0.3, 0.4) is 0 Å². The number of hydrogen-bond acceptors (Lipinski definition) is 4. The van der Waals surface area contributed by atoms with Crippen LogP contribution >= 0.6 is 11.6 Å². The third-order valence-corrected chi connectivity index (χ3v) is 5.38. The number of furan rings is 1. The first-order valence-electron chi connectivity index (χ1n) is 9.38. The Morgan fingerprint density at radius 3 is 2.76 bits per heavy atom. The molecule has 0 radical (unpaired) electrons. The number of aryl methyl sites for hydroxylation is 2. The van der Waals surface area contributed by atoms with E-state index >= 15 is 0 Å². The van der Waals surface area contributed by atoms with Crippen molar-refractivity contribution >= 4 is 40.1 Å². The lowest BCUT2D eigenvalue weighted by molar-refractivity contribution is -0.152. The Labute approximate surface area is 171 Å². The van der Waals surface area contributed by atoms with Gasteiger partial charge in [0.05, 0.1) is 23.4 Å². The van der Waals surface area contributed by atoms with E-state index in [2.05, 4.69) is 11.4 Å². The van der Waals surface area contributed by atoms with Crippen LogP contribution < -0.4 is 5.32 Å². The van der Waals surface area contributed by atoms with Crippen LogP contribution in [0.5, 0.6) is 0 Å². The fraction of sp³-hybridized carbons (Fsp3) is 0.273. The molecule has 0 bridgehead atoms. The molecule has 0 fully saturated rings. The highest BCUT2D eigenvalue weighted by Gasteiger charge is 2.21. The van der Waals surface area contributed by atoms with Gasteiger partial charge in [0, 0.05) is 10.9 Å². The molecule has 4 rings (SSSR count). The number of carbonyl (C=O) groups excluding carboxylic acids is 2. The third kappa shape index (κ3) is 4.12. The molecule has 0 spiro atoms. The summed E-state index contributed by atoms with van der Waals surface area (Å²) in [6.07, 6.45) is 3.73. The average molecular weight is 416 g/mol. The number of ether oxygens (including phenoxy) is 1. The smallest absolute Gasteiger partial charge is 0.311 e. The van der Waals surface area contributed by atoms with E-state index in [1.165, 1.54) is 30.2 Å². The van der Waals surface area contributed by atoms with Crippen molar-refractivity contribution in [2.24, 2.45) is 0 Å². The Hall–Kier alpha value is -2.86. The van der Waals surface area contributed by atoms with Gasteiger partial charge in [0.15, 0.2) is 6.10 Å². The van der Waals surface area contributed by atoms with Crippen LogP contribution in [0, 0.1) is 5.82 Å². The zero-order valence-corrected chi connectivity index (χ0v) is 16.5. The SMILES string of the molecule is CC(OC(=O)Cc1coc2cc3c(cc12)CCC3)C(=O)Nc1ccc(F)cc1Cl. The highest BCUT2D eigenvalue weighted by molar-refractivity contribution is 6.33. The standard InChI is InChI=1S/C22H19ClFNO4/c1-12(22(27)25-19-6-5-16(24)10-18(19)23)29-21(26)9-15-11-28-20-8-14-4-2-3-13(14)7-17(15)20/h5-8,10-12H,2-4,9H2,1H3,(H,25,27). The number of amides is 1. The maximum absolute atomic E-state index is 13.1. The number of nitrogens with one attached hydrogen (secondary N) is 1. The summed E-state index contributed by atoms with van der Waals surface area (Å²) in [5, 5.41) is 3.49. The lowest BCUT2D eigenvalue weighted by Gasteiger charge is -2.14. The Kier molecular flexibility index (Phi) is 5.28. The van der Waals surface area contributed by atoms with E-state index in [-0.39, 0.29) is 17.1 Å². The summed E-state index contributed by atoms with van der Waals surface area (Å²) in [7, 11) is 0. The second-order valence-electron chi connectivity index (χ2n) is 7.15. The molecule has 29 heavy (non-hydrogen) atoms. The first-order valence-corrected chi connectivity index (χ1v) is 9.76. The molecule has 1 aliphatic carbocycles. The zero-order valence-electron chi connectivity index (χ0n) is 15.8. The Morgan fingerprint density at radius 1 is 1.24 bits per heavy atom. The van der Waals surface area contributed by atoms with Gasteiger partial charge >= 0.3 is 5.97 Å². The molecule has 7 heteroatoms. The summed E-state index contributed by atoms with van der Waals surface area (Å²) < 4.78 is 24.0. The number of carbonyl (C=O) groups is 2. The van der Waals surface area contributed by atoms with E-state index < -0.39 is 23.8 Å². The minimum atomic E-state index is -1.04. The van der Waals surface area contributed by atoms with Gasteiger partial charge in [0.1, 0.15) is 11.4 Å². The fourth-order valence-electron chi connectivity index (χ4n) is 3.56. The summed E-state index contributed by atoms with van der Waals surface area (Å²) in [6, 6.07) is 7.74. The van der Waals surface area contributed by atoms with Crippen LogP contribution in [0.25, 0.3) is 11.0 Å². The molecule has 0 saturated carbocycles. The van der Waals surface area contributed by atoms with E-state index in [9.17, 15) is 14.0 Å². The second-order valence-corrected chi connectivity index (χ2v) is 7.56. The van der Waals surface area contributed by atoms with Gasteiger partial charge in [-0.2, -0.15) is 0 Å². The number of hydrogen-bond donors (Lipinski definition) is 1. The van der Waals surface area contributed by atoms with Crippen molar-refractivity contribution in [1.82, 2.24) is 0 Å². The molecule has 0 saturated heterocycles. The number of esters is 1. The number of benzene rings is 2. The molecule has 1 aromatic heterocycles. The van der Waals surface area contributed by atoms with Gasteiger partial charge in [-0.25, -0.2) is 4.39 Å². The van der Waals surface area contributed by atoms with Crippen LogP contribution in [-0.2, 0) is 33.6 Å². The van der Waals surface area contributed by atoms with Crippen LogP contribution in [-0.4, -0.2) is 18.0 Å². The quantitative estimate of drug-likeness (QED) is 0.606. The Morgan fingerprint density at radius 2 is 2.00 bits per heavy atom. The van der Waals surface area contributed by atoms with Gasteiger partial charge in [0.2, 0.25) is 0 Å². The molecule has 5 nitrogen and oxygen atoms in total. The lowest BCUT2D eigenvalue weighted by atomic mass is 10.0. The second kappa shape index (κ2) is 7.87. The molecule has 150 valence electrons. The molecular weight excluding hydrogens is 397 g/mol. The number of fused-ring (bicyclic) bond motifs is 2. The highest BCUT2D eigenvalue weighted by atomic mass is 35.5. The summed E-state index contributed by atoms with van der Waals surface area (Å²) in [5.41, 5.74) is 4.32. The summed E-state index contributed by atoms with van der Waals surface area (Å²) in [6.45, 7) is 1.46. The number of rotatable bonds is 5. The maximum atomic E-state index is 13.1. The van der Waals surface area contributed by atoms with Gasteiger partial charge in [-0.1, -0.05) is 11.6 Å². The van der Waals surface area contributed by atoms with Crippen molar-refractivity contribution in [2.45, 2.75) is 38.7 Å². The largest absolute Gasteiger partial charge is 0.464 e. The van der Waals surface area contributed by atoms with Gasteiger partial charge < -0.3 is 14.5 Å². The summed E-state index contributed by atoms with van der Waals surface area (Å²) in [4.78, 5) is 24.6. The van der Waals surface area contributed by atoms with E-state index in [0.29, 0.717) is 0 Å². The molecule has 1 heterocycles. The van der Waals surface area contributed by atoms with Gasteiger partial charge in [-0.05, 0) is 67.6 Å². The molecule has 2 aromatic carbocycles. The van der Waals surface area contributed by atoms with Crippen LogP contribution in [0.15, 0.2) is 41.0 Å². The van der Waals surface area contributed by atoms with E-state index in [1.54, 1.807) is 6.26 Å². The molecule has 1 atom stereocenters. The highest BCUT2D eigenvalue weighted by Crippen LogP contribution is 2.30. The lowest BCUT2D eigenvalue weighted by Crippen LogP contribution is -2.30. The third-order valence-electron chi connectivity index (χ3n) is 5.07. The predicted molar refractivity (Wildman–Crippen MR) is 108 cm³/mol. The van der Waals surface area contributed by atoms with E-state index in [0.717, 1.165) is 41.9 Å². The predicted octanol–water partition coefficient (Wildman–Crippen LogP) is 4.83. The molecule has 1 unspecified atom stereocenters. The van der Waals surface area contributed by atoms with Crippen LogP contribution in [0.2, 0.25) is 5.02 Å². The van der Waals surface area contributed by atoms with Crippen molar-refractivity contribution in [3.05, 3.63) is 64.1 Å². The monoisotopic (exact) mass is 415 g/mol. The summed E-state index contributed by atoms with van der Waals surface area (Å²) in [5.74, 6) is -1.60. The zero-order chi connectivity index (χ0) is 20.5. The molecule has 1 amide bonds. The van der Waals surface area contributed by atoms with Crippen LogP contribution in [0.4, 0.5) is 10.1 Å². The molecular formula is C22H19ClFNO4. The van der Waals surface area contributed by atoms with Crippen LogP contribution in [0.1, 0.15) is 30.0 Å². The van der Waals surface area contributed by atoms with Gasteiger partial charge in [0.25, 0.3) is 5.91 Å². The average Bonchev–Trinajstić information content (AvgIpc) is 3.28. The molecule has 1 aliphatic rings. The van der Waals surface area contributed by atoms with Gasteiger partial charge in [-0.15, -0.1) is 0 Å². The van der Waals surface area contributed by atoms with E-state index in [1.807, 2.05) is 6.07 Å². The van der Waals surface area contributed by atoms with Crippen molar-refractivity contribution in [3.8, 4) is 0 Å². The van der Waals surface area contributed by atoms with Crippen molar-refractivity contribution < 1.29 is 23.1 Å². The Balaban J connectivity index is 1.40. The van der Waals surface area contributed by atoms with Crippen molar-refractivity contribution in [3.63, 3.8) is 0 Å². The molecule has 0 aliphatic heterocycles. The van der Waals surface area contributed by atoms with Crippen molar-refractivity contribution in [1.29, 1.82) is 0 Å². The maximum Gasteiger partial charge on any atom is 0.311 e. The topological polar surface area (TPSA) is 68.5 Å². The number of anilines is 1.